The third-order valence-corrected chi connectivity index (χ3v) is 12.8. The maximum atomic E-state index is 5.63. The van der Waals surface area contributed by atoms with Crippen LogP contribution in [0.25, 0.3) is 88.5 Å². The zero-order chi connectivity index (χ0) is 40.3. The van der Waals surface area contributed by atoms with Crippen LogP contribution in [-0.4, -0.2) is 9.97 Å². The SMILES string of the molecule is c1ccc(-c2cc(-c3cccc4c3-c3ccccc3C4(c3ccccc3)c3ccccc3)nc(-c3ccccc3-c3c4ccccc4cc4c3ccc3ccccc34)n2)cc1. The fourth-order valence-electron chi connectivity index (χ4n) is 10.2. The molecule has 2 heteroatoms. The topological polar surface area (TPSA) is 25.8 Å². The van der Waals surface area contributed by atoms with E-state index in [1.54, 1.807) is 0 Å². The van der Waals surface area contributed by atoms with E-state index in [-0.39, 0.29) is 0 Å². The molecule has 1 heterocycles. The van der Waals surface area contributed by atoms with Crippen LogP contribution in [0.2, 0.25) is 0 Å². The lowest BCUT2D eigenvalue weighted by molar-refractivity contribution is 0.768. The molecule has 0 spiro atoms. The van der Waals surface area contributed by atoms with E-state index in [4.69, 9.17) is 9.97 Å². The lowest BCUT2D eigenvalue weighted by atomic mass is 9.67. The van der Waals surface area contributed by atoms with Gasteiger partial charge < -0.3 is 0 Å². The fourth-order valence-corrected chi connectivity index (χ4v) is 10.2. The zero-order valence-electron chi connectivity index (χ0n) is 33.3. The maximum Gasteiger partial charge on any atom is 0.161 e. The molecule has 10 aromatic carbocycles. The van der Waals surface area contributed by atoms with E-state index >= 15 is 0 Å². The van der Waals surface area contributed by atoms with Crippen LogP contribution in [-0.2, 0) is 5.41 Å². The van der Waals surface area contributed by atoms with Crippen molar-refractivity contribution >= 4 is 32.3 Å². The molecule has 0 fully saturated rings. The number of nitrogens with zero attached hydrogens (tertiary/aromatic N) is 2. The molecule has 0 amide bonds. The number of fused-ring (bicyclic) bond motifs is 7. The highest BCUT2D eigenvalue weighted by Crippen LogP contribution is 2.58. The molecule has 0 aliphatic heterocycles. The Labute approximate surface area is 355 Å². The minimum absolute atomic E-state index is 0.519. The second kappa shape index (κ2) is 14.1. The van der Waals surface area contributed by atoms with Crippen molar-refractivity contribution in [2.45, 2.75) is 5.41 Å². The highest BCUT2D eigenvalue weighted by atomic mass is 14.9. The van der Waals surface area contributed by atoms with Gasteiger partial charge in [0.05, 0.1) is 16.8 Å². The van der Waals surface area contributed by atoms with E-state index in [0.717, 1.165) is 33.6 Å². The lowest BCUT2D eigenvalue weighted by Gasteiger charge is -2.33. The largest absolute Gasteiger partial charge is 0.228 e. The number of hydrogen-bond donors (Lipinski definition) is 0. The summed E-state index contributed by atoms with van der Waals surface area (Å²) in [5, 5.41) is 7.32. The Morgan fingerprint density at radius 1 is 0.295 bits per heavy atom. The van der Waals surface area contributed by atoms with Gasteiger partial charge in [-0.15, -0.1) is 0 Å². The summed E-state index contributed by atoms with van der Waals surface area (Å²) in [5.74, 6) is 0.690. The predicted octanol–water partition coefficient (Wildman–Crippen LogP) is 15.0. The average Bonchev–Trinajstić information content (AvgIpc) is 3.65. The molecule has 61 heavy (non-hydrogen) atoms. The first-order valence-electron chi connectivity index (χ1n) is 21.0. The first-order chi connectivity index (χ1) is 30.3. The monoisotopic (exact) mass is 774 g/mol. The van der Waals surface area contributed by atoms with Crippen LogP contribution in [0.3, 0.4) is 0 Å². The first kappa shape index (κ1) is 35.0. The van der Waals surface area contributed by atoms with Gasteiger partial charge in [0.15, 0.2) is 5.82 Å². The van der Waals surface area contributed by atoms with E-state index in [2.05, 4.69) is 231 Å². The van der Waals surface area contributed by atoms with Gasteiger partial charge in [0.1, 0.15) is 0 Å². The van der Waals surface area contributed by atoms with Crippen LogP contribution in [0, 0.1) is 0 Å². The van der Waals surface area contributed by atoms with Gasteiger partial charge in [-0.2, -0.15) is 0 Å². The second-order valence-electron chi connectivity index (χ2n) is 16.0. The normalized spacial score (nSPS) is 12.7. The number of hydrogen-bond acceptors (Lipinski definition) is 2. The van der Waals surface area contributed by atoms with Crippen molar-refractivity contribution in [3.63, 3.8) is 0 Å². The van der Waals surface area contributed by atoms with Crippen LogP contribution in [0.5, 0.6) is 0 Å². The third-order valence-electron chi connectivity index (χ3n) is 12.8. The summed E-state index contributed by atoms with van der Waals surface area (Å²) in [6.45, 7) is 0. The molecule has 0 bridgehead atoms. The number of aromatic nitrogens is 2. The van der Waals surface area contributed by atoms with Crippen LogP contribution >= 0.6 is 0 Å². The van der Waals surface area contributed by atoms with Crippen molar-refractivity contribution in [3.8, 4) is 56.2 Å². The molecule has 0 saturated carbocycles. The molecule has 0 unspecified atom stereocenters. The van der Waals surface area contributed by atoms with Crippen LogP contribution in [0.4, 0.5) is 0 Å². The van der Waals surface area contributed by atoms with Gasteiger partial charge in [-0.05, 0) is 89.0 Å². The molecule has 0 saturated heterocycles. The molecule has 1 aliphatic rings. The van der Waals surface area contributed by atoms with Gasteiger partial charge in [-0.1, -0.05) is 218 Å². The summed E-state index contributed by atoms with van der Waals surface area (Å²) in [6.07, 6.45) is 0. The van der Waals surface area contributed by atoms with Gasteiger partial charge in [-0.25, -0.2) is 9.97 Å². The van der Waals surface area contributed by atoms with Crippen molar-refractivity contribution < 1.29 is 0 Å². The molecule has 1 aromatic heterocycles. The van der Waals surface area contributed by atoms with Gasteiger partial charge >= 0.3 is 0 Å². The second-order valence-corrected chi connectivity index (χ2v) is 16.0. The standard InChI is InChI=1S/C59H38N2/c1-4-20-40(21-5-1)54-38-55(50-32-18-34-53-57(50)49-31-16-17-33-52(49)59(53,42-23-6-2-7-24-42)43-25-8-3-9-26-43)61-58(60-54)48-30-15-14-29-46(48)56-45-28-13-11-22-41(45)37-51-44-27-12-10-19-39(44)35-36-47(51)56/h1-38H. The average molecular weight is 775 g/mol. The van der Waals surface area contributed by atoms with Crippen LogP contribution in [0.15, 0.2) is 231 Å². The number of benzene rings is 10. The van der Waals surface area contributed by atoms with Crippen molar-refractivity contribution in [1.29, 1.82) is 0 Å². The Kier molecular flexibility index (Phi) is 8.11. The third kappa shape index (κ3) is 5.43. The summed E-state index contributed by atoms with van der Waals surface area (Å²) < 4.78 is 0. The summed E-state index contributed by atoms with van der Waals surface area (Å²) >= 11 is 0. The fraction of sp³-hybridized carbons (Fsp3) is 0.0169. The van der Waals surface area contributed by atoms with Crippen molar-refractivity contribution in [3.05, 3.63) is 253 Å². The van der Waals surface area contributed by atoms with Gasteiger partial charge in [0, 0.05) is 16.7 Å². The Bertz CT molecular complexity index is 3420. The van der Waals surface area contributed by atoms with E-state index in [0.29, 0.717) is 5.82 Å². The molecule has 0 radical (unpaired) electrons. The summed E-state index contributed by atoms with van der Waals surface area (Å²) in [7, 11) is 0. The number of rotatable bonds is 6. The van der Waals surface area contributed by atoms with Gasteiger partial charge in [-0.3, -0.25) is 0 Å². The smallest absolute Gasteiger partial charge is 0.161 e. The summed E-state index contributed by atoms with van der Waals surface area (Å²) in [5.41, 5.74) is 14.1. The Morgan fingerprint density at radius 3 is 1.61 bits per heavy atom. The molecule has 0 atom stereocenters. The first-order valence-corrected chi connectivity index (χ1v) is 21.0. The molecule has 0 N–H and O–H groups in total. The molecule has 12 rings (SSSR count). The minimum atomic E-state index is -0.519. The highest BCUT2D eigenvalue weighted by Gasteiger charge is 2.46. The molecular formula is C59H38N2. The highest BCUT2D eigenvalue weighted by molar-refractivity contribution is 6.21. The zero-order valence-corrected chi connectivity index (χ0v) is 33.3. The minimum Gasteiger partial charge on any atom is -0.228 e. The van der Waals surface area contributed by atoms with Crippen LogP contribution < -0.4 is 0 Å². The van der Waals surface area contributed by atoms with Crippen LogP contribution in [0.1, 0.15) is 22.3 Å². The Balaban J connectivity index is 1.15. The van der Waals surface area contributed by atoms with Gasteiger partial charge in [0.25, 0.3) is 0 Å². The maximum absolute atomic E-state index is 5.63. The van der Waals surface area contributed by atoms with E-state index in [1.807, 2.05) is 0 Å². The van der Waals surface area contributed by atoms with Crippen molar-refractivity contribution in [2.75, 3.05) is 0 Å². The Hall–Kier alpha value is -7.94. The molecular weight excluding hydrogens is 737 g/mol. The van der Waals surface area contributed by atoms with Crippen molar-refractivity contribution in [2.24, 2.45) is 0 Å². The van der Waals surface area contributed by atoms with Gasteiger partial charge in [0.2, 0.25) is 0 Å². The summed E-state index contributed by atoms with van der Waals surface area (Å²) in [4.78, 5) is 11.1. The molecule has 284 valence electrons. The lowest BCUT2D eigenvalue weighted by Crippen LogP contribution is -2.28. The molecule has 2 nitrogen and oxygen atoms in total. The van der Waals surface area contributed by atoms with Crippen molar-refractivity contribution in [1.82, 2.24) is 9.97 Å². The van der Waals surface area contributed by atoms with E-state index in [9.17, 15) is 0 Å². The molecule has 1 aliphatic carbocycles. The Morgan fingerprint density at radius 2 is 0.852 bits per heavy atom. The predicted molar refractivity (Wildman–Crippen MR) is 254 cm³/mol. The molecule has 11 aromatic rings. The quantitative estimate of drug-likeness (QED) is 0.124. The van der Waals surface area contributed by atoms with E-state index in [1.165, 1.54) is 71.3 Å². The van der Waals surface area contributed by atoms with E-state index < -0.39 is 5.41 Å². The summed E-state index contributed by atoms with van der Waals surface area (Å²) in [6, 6.07) is 83.4.